The zero-order valence-corrected chi connectivity index (χ0v) is 16.2. The molecule has 0 aliphatic heterocycles. The monoisotopic (exact) mass is 429 g/mol. The number of thiazole rings is 1. The zero-order chi connectivity index (χ0) is 21.1. The number of aryl methyl sites for hydroxylation is 1. The summed E-state index contributed by atoms with van der Waals surface area (Å²) in [4.78, 5) is 20.4. The molecule has 5 nitrogen and oxygen atoms in total. The van der Waals surface area contributed by atoms with Crippen molar-refractivity contribution in [2.24, 2.45) is 0 Å². The van der Waals surface area contributed by atoms with E-state index in [1.54, 1.807) is 12.1 Å². The van der Waals surface area contributed by atoms with Crippen molar-refractivity contribution >= 4 is 22.4 Å². The molecule has 1 N–H and O–H groups in total. The molecule has 152 valence electrons. The minimum absolute atomic E-state index is 0.0276. The van der Waals surface area contributed by atoms with Gasteiger partial charge in [0, 0.05) is 29.3 Å². The molecule has 0 atom stereocenters. The molecule has 1 amide bonds. The lowest BCUT2D eigenvalue weighted by atomic mass is 10.1. The van der Waals surface area contributed by atoms with Gasteiger partial charge in [-0.05, 0) is 42.5 Å². The molecule has 0 aliphatic carbocycles. The Balaban J connectivity index is 1.35. The number of nitrogens with zero attached hydrogens (tertiary/aromatic N) is 2. The summed E-state index contributed by atoms with van der Waals surface area (Å²) >= 11 is 1.11. The second-order valence-electron chi connectivity index (χ2n) is 6.34. The molecule has 9 heteroatoms. The average molecular weight is 429 g/mol. The summed E-state index contributed by atoms with van der Waals surface area (Å²) in [5, 5.41) is 4.44. The fourth-order valence-electron chi connectivity index (χ4n) is 2.72. The molecule has 0 radical (unpaired) electrons. The van der Waals surface area contributed by atoms with Crippen LogP contribution in [0.3, 0.4) is 0 Å². The number of rotatable bonds is 6. The van der Waals surface area contributed by atoms with Crippen molar-refractivity contribution in [3.05, 3.63) is 77.4 Å². The highest BCUT2D eigenvalue weighted by molar-refractivity contribution is 7.14. The van der Waals surface area contributed by atoms with E-state index in [0.29, 0.717) is 17.2 Å². The number of anilines is 1. The standard InChI is InChI=1S/C21H14F3N3O2S/c22-13-3-1-12(2-4-13)18-10-25-20(29-18)8-7-19(28)27-21-26-17(11-30-21)15-9-14(23)5-6-16(15)24/h1-6,9-11H,7-8H2,(H,26,27,28). The Hall–Kier alpha value is -3.46. The number of carbonyl (C=O) groups excluding carboxylic acids is 1. The highest BCUT2D eigenvalue weighted by atomic mass is 32.1. The van der Waals surface area contributed by atoms with Gasteiger partial charge in [-0.1, -0.05) is 0 Å². The summed E-state index contributed by atoms with van der Waals surface area (Å²) < 4.78 is 45.8. The largest absolute Gasteiger partial charge is 0.441 e. The molecule has 0 saturated carbocycles. The molecule has 4 rings (SSSR count). The fraction of sp³-hybridized carbons (Fsp3) is 0.0952. The summed E-state index contributed by atoms with van der Waals surface area (Å²) in [7, 11) is 0. The number of amides is 1. The van der Waals surface area contributed by atoms with Crippen LogP contribution in [-0.2, 0) is 11.2 Å². The molecular formula is C21H14F3N3O2S. The van der Waals surface area contributed by atoms with Gasteiger partial charge in [0.1, 0.15) is 17.5 Å². The minimum atomic E-state index is -0.597. The van der Waals surface area contributed by atoms with Crippen LogP contribution in [0.1, 0.15) is 12.3 Å². The van der Waals surface area contributed by atoms with Crippen molar-refractivity contribution < 1.29 is 22.4 Å². The van der Waals surface area contributed by atoms with Crippen LogP contribution in [0, 0.1) is 17.5 Å². The predicted octanol–water partition coefficient (Wildman–Crippen LogP) is 5.45. The number of benzene rings is 2. The predicted molar refractivity (Wildman–Crippen MR) is 106 cm³/mol. The van der Waals surface area contributed by atoms with E-state index in [4.69, 9.17) is 4.42 Å². The van der Waals surface area contributed by atoms with Crippen LogP contribution in [0.2, 0.25) is 0 Å². The van der Waals surface area contributed by atoms with Crippen LogP contribution < -0.4 is 5.32 Å². The van der Waals surface area contributed by atoms with E-state index in [-0.39, 0.29) is 41.0 Å². The van der Waals surface area contributed by atoms with E-state index < -0.39 is 11.6 Å². The van der Waals surface area contributed by atoms with Crippen LogP contribution >= 0.6 is 11.3 Å². The number of hydrogen-bond donors (Lipinski definition) is 1. The van der Waals surface area contributed by atoms with E-state index in [9.17, 15) is 18.0 Å². The van der Waals surface area contributed by atoms with Gasteiger partial charge in [-0.2, -0.15) is 0 Å². The summed E-state index contributed by atoms with van der Waals surface area (Å²) in [6, 6.07) is 8.90. The maximum atomic E-state index is 13.9. The maximum absolute atomic E-state index is 13.9. The van der Waals surface area contributed by atoms with Crippen molar-refractivity contribution in [2.75, 3.05) is 5.32 Å². The van der Waals surface area contributed by atoms with Crippen molar-refractivity contribution in [1.29, 1.82) is 0 Å². The Labute approximate surface area is 173 Å². The number of hydrogen-bond acceptors (Lipinski definition) is 5. The van der Waals surface area contributed by atoms with Crippen LogP contribution in [0.15, 0.2) is 58.5 Å². The highest BCUT2D eigenvalue weighted by Gasteiger charge is 2.13. The molecule has 0 saturated heterocycles. The Morgan fingerprint density at radius 2 is 1.83 bits per heavy atom. The molecule has 0 fully saturated rings. The van der Waals surface area contributed by atoms with Gasteiger partial charge >= 0.3 is 0 Å². The Morgan fingerprint density at radius 3 is 2.63 bits per heavy atom. The Bertz CT molecular complexity index is 1190. The van der Waals surface area contributed by atoms with Crippen LogP contribution in [0.25, 0.3) is 22.6 Å². The fourth-order valence-corrected chi connectivity index (χ4v) is 3.45. The number of oxazole rings is 1. The average Bonchev–Trinajstić information content (AvgIpc) is 3.39. The summed E-state index contributed by atoms with van der Waals surface area (Å²) in [5.41, 5.74) is 0.947. The highest BCUT2D eigenvalue weighted by Crippen LogP contribution is 2.28. The topological polar surface area (TPSA) is 68.0 Å². The SMILES string of the molecule is O=C(CCc1ncc(-c2ccc(F)cc2)o1)Nc1nc(-c2cc(F)ccc2F)cs1. The Kier molecular flexibility index (Phi) is 5.62. The first-order valence-electron chi connectivity index (χ1n) is 8.89. The van der Waals surface area contributed by atoms with E-state index in [1.807, 2.05) is 0 Å². The molecule has 0 unspecified atom stereocenters. The number of aromatic nitrogens is 2. The lowest BCUT2D eigenvalue weighted by Gasteiger charge is -2.01. The number of halogens is 3. The van der Waals surface area contributed by atoms with Gasteiger partial charge in [-0.25, -0.2) is 23.1 Å². The maximum Gasteiger partial charge on any atom is 0.226 e. The molecule has 2 aromatic carbocycles. The minimum Gasteiger partial charge on any atom is -0.441 e. The van der Waals surface area contributed by atoms with Gasteiger partial charge in [0.05, 0.1) is 11.9 Å². The molecule has 2 aromatic heterocycles. The molecule has 4 aromatic rings. The second-order valence-corrected chi connectivity index (χ2v) is 7.19. The summed E-state index contributed by atoms with van der Waals surface area (Å²) in [6.07, 6.45) is 1.86. The molecule has 0 spiro atoms. The van der Waals surface area contributed by atoms with Crippen LogP contribution in [-0.4, -0.2) is 15.9 Å². The molecule has 30 heavy (non-hydrogen) atoms. The van der Waals surface area contributed by atoms with E-state index in [0.717, 1.165) is 29.5 Å². The molecule has 2 heterocycles. The van der Waals surface area contributed by atoms with Crippen molar-refractivity contribution in [1.82, 2.24) is 9.97 Å². The molecule has 0 aliphatic rings. The van der Waals surface area contributed by atoms with Gasteiger partial charge in [0.15, 0.2) is 16.8 Å². The third kappa shape index (κ3) is 4.57. The van der Waals surface area contributed by atoms with Gasteiger partial charge in [-0.3, -0.25) is 4.79 Å². The summed E-state index contributed by atoms with van der Waals surface area (Å²) in [6.45, 7) is 0. The van der Waals surface area contributed by atoms with Gasteiger partial charge in [0.2, 0.25) is 5.91 Å². The first kappa shape index (κ1) is 19.8. The van der Waals surface area contributed by atoms with Crippen LogP contribution in [0.5, 0.6) is 0 Å². The Morgan fingerprint density at radius 1 is 1.07 bits per heavy atom. The third-order valence-electron chi connectivity index (χ3n) is 4.20. The van der Waals surface area contributed by atoms with Crippen LogP contribution in [0.4, 0.5) is 18.3 Å². The number of nitrogens with one attached hydrogen (secondary N) is 1. The lowest BCUT2D eigenvalue weighted by Crippen LogP contribution is -2.12. The van der Waals surface area contributed by atoms with Crippen molar-refractivity contribution in [3.8, 4) is 22.6 Å². The van der Waals surface area contributed by atoms with Gasteiger partial charge in [0.25, 0.3) is 0 Å². The quantitative estimate of drug-likeness (QED) is 0.442. The normalized spacial score (nSPS) is 10.9. The van der Waals surface area contributed by atoms with Gasteiger partial charge < -0.3 is 9.73 Å². The number of carbonyl (C=O) groups is 1. The first-order chi connectivity index (χ1) is 14.5. The zero-order valence-electron chi connectivity index (χ0n) is 15.4. The molecule has 0 bridgehead atoms. The van der Waals surface area contributed by atoms with Crippen molar-refractivity contribution in [2.45, 2.75) is 12.8 Å². The van der Waals surface area contributed by atoms with Gasteiger partial charge in [-0.15, -0.1) is 11.3 Å². The smallest absolute Gasteiger partial charge is 0.226 e. The van der Waals surface area contributed by atoms with E-state index in [1.165, 1.54) is 23.7 Å². The van der Waals surface area contributed by atoms with E-state index in [2.05, 4.69) is 15.3 Å². The first-order valence-corrected chi connectivity index (χ1v) is 9.77. The summed E-state index contributed by atoms with van der Waals surface area (Å²) in [5.74, 6) is -0.993. The third-order valence-corrected chi connectivity index (χ3v) is 4.96. The molecular weight excluding hydrogens is 415 g/mol. The van der Waals surface area contributed by atoms with E-state index >= 15 is 0 Å². The second kappa shape index (κ2) is 8.50. The lowest BCUT2D eigenvalue weighted by molar-refractivity contribution is -0.116. The van der Waals surface area contributed by atoms with Crippen molar-refractivity contribution in [3.63, 3.8) is 0 Å².